The number of anilines is 1. The zero-order valence-electron chi connectivity index (χ0n) is 26.6. The number of aromatic nitrogens is 2. The summed E-state index contributed by atoms with van der Waals surface area (Å²) in [6.45, 7) is 12.7. The maximum Gasteiger partial charge on any atom is 0.264 e. The third-order valence-electron chi connectivity index (χ3n) is 7.69. The number of carbonyl (C=O) groups is 1. The summed E-state index contributed by atoms with van der Waals surface area (Å²) in [5.74, 6) is -0.0972. The summed E-state index contributed by atoms with van der Waals surface area (Å²) in [6, 6.07) is 13.6. The normalized spacial score (nSPS) is 17.7. The first-order valence-corrected chi connectivity index (χ1v) is 16.4. The zero-order chi connectivity index (χ0) is 31.5. The minimum atomic E-state index is -4.12. The summed E-state index contributed by atoms with van der Waals surface area (Å²) in [5.41, 5.74) is 3.60. The molecule has 1 N–H and O–H groups in total. The molecule has 0 fully saturated rings. The van der Waals surface area contributed by atoms with Gasteiger partial charge in [-0.2, -0.15) is 4.98 Å². The number of rotatable bonds is 7. The molecule has 3 aromatic rings. The Morgan fingerprint density at radius 3 is 2.37 bits per heavy atom. The number of sulfonamides is 1. The second-order valence-electron chi connectivity index (χ2n) is 12.8. The van der Waals surface area contributed by atoms with Crippen LogP contribution in [0, 0.1) is 19.3 Å². The van der Waals surface area contributed by atoms with Crippen LogP contribution in [-0.2, 0) is 10.0 Å². The highest BCUT2D eigenvalue weighted by Crippen LogP contribution is 2.32. The average Bonchev–Trinajstić information content (AvgIpc) is 2.92. The molecular formula is C33H45N5O4S. The minimum Gasteiger partial charge on any atom is -0.475 e. The monoisotopic (exact) mass is 607 g/mol. The topological polar surface area (TPSA) is 105 Å². The van der Waals surface area contributed by atoms with Crippen molar-refractivity contribution in [3.8, 4) is 17.1 Å². The van der Waals surface area contributed by atoms with Crippen LogP contribution in [0.5, 0.6) is 5.88 Å². The summed E-state index contributed by atoms with van der Waals surface area (Å²) >= 11 is 0. The lowest BCUT2D eigenvalue weighted by Gasteiger charge is -2.43. The van der Waals surface area contributed by atoms with Crippen molar-refractivity contribution in [1.29, 1.82) is 0 Å². The van der Waals surface area contributed by atoms with E-state index < -0.39 is 10.0 Å². The van der Waals surface area contributed by atoms with Crippen LogP contribution >= 0.6 is 0 Å². The molecule has 10 heteroatoms. The van der Waals surface area contributed by atoms with Crippen molar-refractivity contribution in [2.24, 2.45) is 5.41 Å². The quantitative estimate of drug-likeness (QED) is 0.337. The van der Waals surface area contributed by atoms with Gasteiger partial charge in [-0.05, 0) is 75.5 Å². The van der Waals surface area contributed by atoms with Crippen LogP contribution in [0.25, 0.3) is 11.3 Å². The third-order valence-corrected chi connectivity index (χ3v) is 9.02. The fourth-order valence-corrected chi connectivity index (χ4v) is 6.71. The van der Waals surface area contributed by atoms with Crippen LogP contribution < -0.4 is 9.46 Å². The van der Waals surface area contributed by atoms with Gasteiger partial charge in [0.05, 0.1) is 22.8 Å². The number of ether oxygens (including phenoxy) is 1. The van der Waals surface area contributed by atoms with Crippen LogP contribution in [-0.4, -0.2) is 67.0 Å². The molecular weight excluding hydrogens is 562 g/mol. The molecule has 43 heavy (non-hydrogen) atoms. The molecule has 232 valence electrons. The Bertz CT molecular complexity index is 1550. The lowest BCUT2D eigenvalue weighted by molar-refractivity contribution is 0.00477. The van der Waals surface area contributed by atoms with Crippen LogP contribution in [0.2, 0.25) is 0 Å². The number of hydrogen-bond acceptors (Lipinski definition) is 7. The third kappa shape index (κ3) is 7.72. The smallest absolute Gasteiger partial charge is 0.264 e. The van der Waals surface area contributed by atoms with Crippen LogP contribution in [0.1, 0.15) is 74.9 Å². The van der Waals surface area contributed by atoms with Gasteiger partial charge in [0.1, 0.15) is 6.61 Å². The van der Waals surface area contributed by atoms with E-state index in [9.17, 15) is 13.2 Å². The first-order chi connectivity index (χ1) is 20.2. The molecule has 1 aliphatic rings. The summed E-state index contributed by atoms with van der Waals surface area (Å²) in [5, 5.41) is 0. The molecule has 1 unspecified atom stereocenters. The average molecular weight is 608 g/mol. The van der Waals surface area contributed by atoms with E-state index in [0.29, 0.717) is 17.7 Å². The molecule has 0 saturated heterocycles. The highest BCUT2D eigenvalue weighted by atomic mass is 32.2. The second kappa shape index (κ2) is 13.0. The van der Waals surface area contributed by atoms with E-state index in [1.807, 2.05) is 51.0 Å². The first-order valence-electron chi connectivity index (χ1n) is 14.9. The predicted octanol–water partition coefficient (Wildman–Crippen LogP) is 6.28. The summed E-state index contributed by atoms with van der Waals surface area (Å²) < 4.78 is 36.2. The molecule has 1 aromatic heterocycles. The molecule has 2 heterocycles. The first kappa shape index (κ1) is 32.4. The van der Waals surface area contributed by atoms with Crippen molar-refractivity contribution in [1.82, 2.24) is 19.8 Å². The summed E-state index contributed by atoms with van der Waals surface area (Å²) in [4.78, 5) is 27.4. The lowest BCUT2D eigenvalue weighted by Crippen LogP contribution is -2.55. The molecule has 1 amide bonds. The fourth-order valence-electron chi connectivity index (χ4n) is 5.72. The number of amides is 1. The van der Waals surface area contributed by atoms with Gasteiger partial charge < -0.3 is 9.64 Å². The summed E-state index contributed by atoms with van der Waals surface area (Å²) in [7, 11) is -0.175. The Kier molecular flexibility index (Phi) is 9.81. The number of nitrogens with one attached hydrogen (secondary N) is 1. The van der Waals surface area contributed by atoms with E-state index in [4.69, 9.17) is 4.74 Å². The molecule has 2 atom stereocenters. The number of hydrogen-bond donors (Lipinski definition) is 1. The Labute approximate surface area is 256 Å². The van der Waals surface area contributed by atoms with Gasteiger partial charge in [0.25, 0.3) is 15.9 Å². The molecule has 2 aromatic carbocycles. The summed E-state index contributed by atoms with van der Waals surface area (Å²) in [6.07, 6.45) is 3.12. The van der Waals surface area contributed by atoms with E-state index in [1.165, 1.54) is 12.1 Å². The SMILES string of the molecule is CCCCC(N(C)C)N1C(=O)c2cccc(c2)S(=O)(=O)Nc2nc(cc(-c3c(C)cccc3C)n2)OC[C@H]1CC(C)(C)C. The van der Waals surface area contributed by atoms with Crippen molar-refractivity contribution in [3.63, 3.8) is 0 Å². The molecule has 0 radical (unpaired) electrons. The van der Waals surface area contributed by atoms with Gasteiger partial charge in [-0.1, -0.05) is 64.8 Å². The van der Waals surface area contributed by atoms with Gasteiger partial charge in [0, 0.05) is 17.2 Å². The Hall–Kier alpha value is -3.50. The molecule has 1 aliphatic heterocycles. The van der Waals surface area contributed by atoms with Gasteiger partial charge in [0.2, 0.25) is 11.8 Å². The van der Waals surface area contributed by atoms with Gasteiger partial charge in [0.15, 0.2) is 0 Å². The molecule has 0 aliphatic carbocycles. The standard InChI is InChI=1S/C33H45N5O4S/c1-9-10-17-29(37(7)8)38-25(20-33(4,5)6)21-42-28-19-27(30-22(2)13-11-14-23(30)3)34-32(35-28)36-43(40,41)26-16-12-15-24(18-26)31(38)39/h11-16,18-19,25,29H,9-10,17,20-21H2,1-8H3,(H,34,35,36)/t25-,29?/m1/s1. The van der Waals surface area contributed by atoms with Crippen molar-refractivity contribution >= 4 is 21.9 Å². The Balaban J connectivity index is 1.95. The van der Waals surface area contributed by atoms with Crippen molar-refractivity contribution in [2.45, 2.75) is 84.3 Å². The molecule has 4 bridgehead atoms. The van der Waals surface area contributed by atoms with Crippen LogP contribution in [0.15, 0.2) is 53.4 Å². The van der Waals surface area contributed by atoms with Gasteiger partial charge >= 0.3 is 0 Å². The zero-order valence-corrected chi connectivity index (χ0v) is 27.5. The minimum absolute atomic E-state index is 0.0385. The van der Waals surface area contributed by atoms with E-state index in [-0.39, 0.29) is 46.9 Å². The lowest BCUT2D eigenvalue weighted by atomic mass is 9.87. The molecule has 4 rings (SSSR count). The van der Waals surface area contributed by atoms with Gasteiger partial charge in [-0.25, -0.2) is 18.1 Å². The number of unbranched alkanes of at least 4 members (excludes halogenated alkanes) is 1. The highest BCUT2D eigenvalue weighted by molar-refractivity contribution is 7.92. The van der Waals surface area contributed by atoms with Crippen LogP contribution in [0.4, 0.5) is 5.95 Å². The fraction of sp³-hybridized carbons (Fsp3) is 0.485. The Morgan fingerprint density at radius 1 is 1.07 bits per heavy atom. The highest BCUT2D eigenvalue weighted by Gasteiger charge is 2.36. The molecule has 0 saturated carbocycles. The van der Waals surface area contributed by atoms with Gasteiger partial charge in [-0.15, -0.1) is 0 Å². The van der Waals surface area contributed by atoms with E-state index in [0.717, 1.165) is 36.0 Å². The van der Waals surface area contributed by atoms with Gasteiger partial charge in [-0.3, -0.25) is 9.69 Å². The van der Waals surface area contributed by atoms with Crippen molar-refractivity contribution in [3.05, 3.63) is 65.2 Å². The number of nitrogens with zero attached hydrogens (tertiary/aromatic N) is 4. The maximum absolute atomic E-state index is 14.4. The maximum atomic E-state index is 14.4. The van der Waals surface area contributed by atoms with Crippen LogP contribution in [0.3, 0.4) is 0 Å². The largest absolute Gasteiger partial charge is 0.475 e. The number of fused-ring (bicyclic) bond motifs is 4. The van der Waals surface area contributed by atoms with E-state index >= 15 is 0 Å². The molecule has 9 nitrogen and oxygen atoms in total. The van der Waals surface area contributed by atoms with Crippen molar-refractivity contribution < 1.29 is 17.9 Å². The Morgan fingerprint density at radius 2 is 1.74 bits per heavy atom. The molecule has 0 spiro atoms. The predicted molar refractivity (Wildman–Crippen MR) is 171 cm³/mol. The van der Waals surface area contributed by atoms with Crippen molar-refractivity contribution in [2.75, 3.05) is 25.4 Å². The second-order valence-corrected chi connectivity index (χ2v) is 14.5. The van der Waals surface area contributed by atoms with E-state index in [1.54, 1.807) is 18.2 Å². The number of carbonyl (C=O) groups excluding carboxylic acids is 1. The number of aryl methyl sites for hydroxylation is 2. The van der Waals surface area contributed by atoms with E-state index in [2.05, 4.69) is 47.3 Å². The number of benzene rings is 2.